The Morgan fingerprint density at radius 3 is 2.71 bits per heavy atom. The lowest BCUT2D eigenvalue weighted by Gasteiger charge is -2.06. The van der Waals surface area contributed by atoms with Gasteiger partial charge in [-0.05, 0) is 48.2 Å². The van der Waals surface area contributed by atoms with E-state index < -0.39 is 0 Å². The second-order valence-electron chi connectivity index (χ2n) is 6.79. The molecule has 0 aliphatic carbocycles. The van der Waals surface area contributed by atoms with Gasteiger partial charge >= 0.3 is 0 Å². The van der Waals surface area contributed by atoms with Crippen LogP contribution in [-0.4, -0.2) is 11.1 Å². The first-order valence-electron chi connectivity index (χ1n) is 8.65. The number of aromatic nitrogens is 1. The highest BCUT2D eigenvalue weighted by molar-refractivity contribution is 6.30. The fourth-order valence-electron chi connectivity index (χ4n) is 3.04. The minimum absolute atomic E-state index is 0.738. The molecule has 0 unspecified atom stereocenters. The number of hydrogen-bond donors (Lipinski definition) is 1. The molecule has 0 radical (unpaired) electrons. The summed E-state index contributed by atoms with van der Waals surface area (Å²) in [4.78, 5) is 0. The van der Waals surface area contributed by atoms with E-state index in [0.29, 0.717) is 0 Å². The molecule has 1 heterocycles. The molecular weight excluding hydrogens is 316 g/mol. The predicted octanol–water partition coefficient (Wildman–Crippen LogP) is 5.48. The normalized spacial score (nSPS) is 11.5. The lowest BCUT2D eigenvalue weighted by molar-refractivity contribution is 0.538. The standard InChI is InChI=1S/C21H25ClN2/c1-16(2)10-11-23-13-18-15-24(21-9-4-3-8-20(18)21)14-17-6-5-7-19(22)12-17/h3-9,12,15-16,23H,10-11,13-14H2,1-2H3. The molecule has 0 spiro atoms. The second kappa shape index (κ2) is 7.87. The van der Waals surface area contributed by atoms with E-state index in [-0.39, 0.29) is 0 Å². The zero-order valence-electron chi connectivity index (χ0n) is 14.4. The largest absolute Gasteiger partial charge is 0.343 e. The van der Waals surface area contributed by atoms with Gasteiger partial charge in [0.1, 0.15) is 0 Å². The van der Waals surface area contributed by atoms with Gasteiger partial charge in [0.15, 0.2) is 0 Å². The highest BCUT2D eigenvalue weighted by Crippen LogP contribution is 2.23. The molecule has 0 amide bonds. The minimum Gasteiger partial charge on any atom is -0.343 e. The van der Waals surface area contributed by atoms with E-state index in [9.17, 15) is 0 Å². The summed E-state index contributed by atoms with van der Waals surface area (Å²) in [5.41, 5.74) is 3.86. The van der Waals surface area contributed by atoms with Crippen molar-refractivity contribution >= 4 is 22.5 Å². The number of nitrogens with zero attached hydrogens (tertiary/aromatic N) is 1. The number of fused-ring (bicyclic) bond motifs is 1. The van der Waals surface area contributed by atoms with Gasteiger partial charge in [-0.1, -0.05) is 55.8 Å². The van der Waals surface area contributed by atoms with E-state index in [0.717, 1.165) is 30.6 Å². The molecule has 0 saturated heterocycles. The van der Waals surface area contributed by atoms with Gasteiger partial charge in [0, 0.05) is 35.2 Å². The highest BCUT2D eigenvalue weighted by Gasteiger charge is 2.08. The maximum Gasteiger partial charge on any atom is 0.0486 e. The molecule has 1 aromatic heterocycles. The van der Waals surface area contributed by atoms with Crippen molar-refractivity contribution < 1.29 is 0 Å². The molecule has 0 saturated carbocycles. The molecule has 1 N–H and O–H groups in total. The van der Waals surface area contributed by atoms with Crippen molar-refractivity contribution in [3.05, 3.63) is 70.9 Å². The van der Waals surface area contributed by atoms with Gasteiger partial charge in [-0.15, -0.1) is 0 Å². The van der Waals surface area contributed by atoms with Crippen molar-refractivity contribution in [1.82, 2.24) is 9.88 Å². The van der Waals surface area contributed by atoms with Crippen molar-refractivity contribution in [2.75, 3.05) is 6.54 Å². The number of halogens is 1. The fraction of sp³-hybridized carbons (Fsp3) is 0.333. The van der Waals surface area contributed by atoms with Gasteiger partial charge < -0.3 is 9.88 Å². The summed E-state index contributed by atoms with van der Waals surface area (Å²) in [7, 11) is 0. The molecule has 3 aromatic rings. The Balaban J connectivity index is 1.81. The Morgan fingerprint density at radius 2 is 1.92 bits per heavy atom. The molecule has 24 heavy (non-hydrogen) atoms. The average Bonchev–Trinajstić information content (AvgIpc) is 2.90. The summed E-state index contributed by atoms with van der Waals surface area (Å²) in [5.74, 6) is 0.738. The van der Waals surface area contributed by atoms with Crippen LogP contribution in [0.5, 0.6) is 0 Å². The summed E-state index contributed by atoms with van der Waals surface area (Å²) in [6, 6.07) is 16.7. The Labute approximate surface area is 149 Å². The van der Waals surface area contributed by atoms with E-state index in [1.807, 2.05) is 18.2 Å². The summed E-state index contributed by atoms with van der Waals surface area (Å²) >= 11 is 6.13. The molecule has 2 nitrogen and oxygen atoms in total. The third kappa shape index (κ3) is 4.19. The molecule has 0 aliphatic heterocycles. The van der Waals surface area contributed by atoms with E-state index in [1.54, 1.807) is 0 Å². The fourth-order valence-corrected chi connectivity index (χ4v) is 3.25. The smallest absolute Gasteiger partial charge is 0.0486 e. The Kier molecular flexibility index (Phi) is 5.60. The van der Waals surface area contributed by atoms with Crippen LogP contribution in [0.15, 0.2) is 54.7 Å². The zero-order chi connectivity index (χ0) is 16.9. The van der Waals surface area contributed by atoms with Crippen LogP contribution < -0.4 is 5.32 Å². The van der Waals surface area contributed by atoms with Crippen LogP contribution in [0.3, 0.4) is 0 Å². The van der Waals surface area contributed by atoms with Crippen molar-refractivity contribution in [3.63, 3.8) is 0 Å². The van der Waals surface area contributed by atoms with Gasteiger partial charge in [-0.25, -0.2) is 0 Å². The molecule has 0 aliphatic rings. The molecule has 0 bridgehead atoms. The lowest BCUT2D eigenvalue weighted by atomic mass is 10.1. The molecule has 2 aromatic carbocycles. The van der Waals surface area contributed by atoms with Crippen LogP contribution in [-0.2, 0) is 13.1 Å². The maximum atomic E-state index is 6.13. The van der Waals surface area contributed by atoms with Crippen LogP contribution in [0.2, 0.25) is 5.02 Å². The van der Waals surface area contributed by atoms with Gasteiger partial charge in [0.2, 0.25) is 0 Å². The summed E-state index contributed by atoms with van der Waals surface area (Å²) in [6.07, 6.45) is 3.48. The van der Waals surface area contributed by atoms with E-state index in [4.69, 9.17) is 11.6 Å². The lowest BCUT2D eigenvalue weighted by Crippen LogP contribution is -2.16. The summed E-state index contributed by atoms with van der Waals surface area (Å²) < 4.78 is 2.32. The van der Waals surface area contributed by atoms with Gasteiger partial charge in [-0.2, -0.15) is 0 Å². The minimum atomic E-state index is 0.738. The third-order valence-corrected chi connectivity index (χ3v) is 4.56. The van der Waals surface area contributed by atoms with Crippen LogP contribution in [0.1, 0.15) is 31.4 Å². The Bertz CT molecular complexity index is 804. The van der Waals surface area contributed by atoms with Crippen LogP contribution in [0.4, 0.5) is 0 Å². The van der Waals surface area contributed by atoms with Gasteiger partial charge in [0.25, 0.3) is 0 Å². The van der Waals surface area contributed by atoms with Gasteiger partial charge in [0.05, 0.1) is 0 Å². The zero-order valence-corrected chi connectivity index (χ0v) is 15.2. The monoisotopic (exact) mass is 340 g/mol. The molecule has 126 valence electrons. The number of para-hydroxylation sites is 1. The predicted molar refractivity (Wildman–Crippen MR) is 104 cm³/mol. The topological polar surface area (TPSA) is 17.0 Å². The van der Waals surface area contributed by atoms with Crippen LogP contribution in [0.25, 0.3) is 10.9 Å². The van der Waals surface area contributed by atoms with Crippen LogP contribution >= 0.6 is 11.6 Å². The molecule has 3 heteroatoms. The first kappa shape index (κ1) is 17.1. The van der Waals surface area contributed by atoms with Crippen molar-refractivity contribution in [3.8, 4) is 0 Å². The average molecular weight is 341 g/mol. The highest BCUT2D eigenvalue weighted by atomic mass is 35.5. The maximum absolute atomic E-state index is 6.13. The number of rotatable bonds is 7. The summed E-state index contributed by atoms with van der Waals surface area (Å²) in [6.45, 7) is 7.34. The van der Waals surface area contributed by atoms with Crippen molar-refractivity contribution in [2.45, 2.75) is 33.4 Å². The van der Waals surface area contributed by atoms with Crippen molar-refractivity contribution in [1.29, 1.82) is 0 Å². The molecular formula is C21H25ClN2. The van der Waals surface area contributed by atoms with Crippen molar-refractivity contribution in [2.24, 2.45) is 5.92 Å². The van der Waals surface area contributed by atoms with E-state index in [1.165, 1.54) is 28.5 Å². The van der Waals surface area contributed by atoms with E-state index in [2.05, 4.69) is 60.3 Å². The second-order valence-corrected chi connectivity index (χ2v) is 7.23. The SMILES string of the molecule is CC(C)CCNCc1cn(Cc2cccc(Cl)c2)c2ccccc12. The molecule has 0 fully saturated rings. The third-order valence-electron chi connectivity index (χ3n) is 4.33. The molecule has 0 atom stereocenters. The quantitative estimate of drug-likeness (QED) is 0.563. The number of benzene rings is 2. The number of hydrogen-bond acceptors (Lipinski definition) is 1. The molecule has 3 rings (SSSR count). The van der Waals surface area contributed by atoms with Gasteiger partial charge in [-0.3, -0.25) is 0 Å². The first-order chi connectivity index (χ1) is 11.6. The Hall–Kier alpha value is -1.77. The Morgan fingerprint density at radius 1 is 1.08 bits per heavy atom. The van der Waals surface area contributed by atoms with Crippen LogP contribution in [0, 0.1) is 5.92 Å². The van der Waals surface area contributed by atoms with E-state index >= 15 is 0 Å². The summed E-state index contributed by atoms with van der Waals surface area (Å²) in [5, 5.41) is 5.70. The first-order valence-corrected chi connectivity index (χ1v) is 9.03. The number of nitrogens with one attached hydrogen (secondary N) is 1.